The molecule has 136 valence electrons. The average molecular weight is 349 g/mol. The number of aromatic nitrogens is 1. The van der Waals surface area contributed by atoms with Crippen molar-refractivity contribution in [3.63, 3.8) is 0 Å². The maximum absolute atomic E-state index is 12.1. The van der Waals surface area contributed by atoms with Crippen LogP contribution in [-0.2, 0) is 23.7 Å². The second kappa shape index (κ2) is 8.40. The van der Waals surface area contributed by atoms with E-state index in [9.17, 15) is 9.59 Å². The third-order valence-corrected chi connectivity index (χ3v) is 4.39. The largest absolute Gasteiger partial charge is 0.457 e. The summed E-state index contributed by atoms with van der Waals surface area (Å²) in [7, 11) is 0. The van der Waals surface area contributed by atoms with E-state index in [1.807, 2.05) is 0 Å². The summed E-state index contributed by atoms with van der Waals surface area (Å²) in [5, 5.41) is 0. The van der Waals surface area contributed by atoms with Gasteiger partial charge >= 0.3 is 11.9 Å². The molecule has 2 saturated heterocycles. The van der Waals surface area contributed by atoms with Crippen molar-refractivity contribution in [2.45, 2.75) is 57.0 Å². The smallest absolute Gasteiger partial charge is 0.340 e. The predicted octanol–water partition coefficient (Wildman–Crippen LogP) is 1.90. The second-order valence-corrected chi connectivity index (χ2v) is 6.27. The summed E-state index contributed by atoms with van der Waals surface area (Å²) in [6.45, 7) is 2.57. The van der Waals surface area contributed by atoms with Crippen LogP contribution in [0.4, 0.5) is 0 Å². The lowest BCUT2D eigenvalue weighted by Gasteiger charge is -2.17. The van der Waals surface area contributed by atoms with Crippen LogP contribution in [0.15, 0.2) is 24.5 Å². The van der Waals surface area contributed by atoms with Crippen molar-refractivity contribution in [2.24, 2.45) is 0 Å². The maximum atomic E-state index is 12.1. The molecule has 1 aromatic rings. The first-order chi connectivity index (χ1) is 12.2. The Labute approximate surface area is 146 Å². The zero-order valence-corrected chi connectivity index (χ0v) is 14.3. The number of hydrogen-bond donors (Lipinski definition) is 0. The van der Waals surface area contributed by atoms with E-state index in [0.29, 0.717) is 12.0 Å². The summed E-state index contributed by atoms with van der Waals surface area (Å²) >= 11 is 0. The molecule has 2 aliphatic rings. The normalized spacial score (nSPS) is 27.7. The number of pyridine rings is 1. The van der Waals surface area contributed by atoms with Gasteiger partial charge in [0.2, 0.25) is 0 Å². The number of esters is 2. The number of nitrogens with zero attached hydrogens (tertiary/aromatic N) is 1. The van der Waals surface area contributed by atoms with Crippen molar-refractivity contribution < 1.29 is 28.5 Å². The first kappa shape index (κ1) is 17.8. The molecule has 1 aromatic heterocycles. The third-order valence-electron chi connectivity index (χ3n) is 4.39. The molecular weight excluding hydrogens is 326 g/mol. The van der Waals surface area contributed by atoms with Gasteiger partial charge in [0.1, 0.15) is 12.2 Å². The van der Waals surface area contributed by atoms with Crippen LogP contribution in [0.25, 0.3) is 0 Å². The Kier molecular flexibility index (Phi) is 5.99. The van der Waals surface area contributed by atoms with E-state index in [-0.39, 0.29) is 25.3 Å². The van der Waals surface area contributed by atoms with Gasteiger partial charge in [0.05, 0.1) is 18.8 Å². The molecule has 0 radical (unpaired) electrons. The Morgan fingerprint density at radius 3 is 2.52 bits per heavy atom. The number of ether oxygens (including phenoxy) is 4. The van der Waals surface area contributed by atoms with Crippen molar-refractivity contribution in [3.05, 3.63) is 30.1 Å². The van der Waals surface area contributed by atoms with Crippen LogP contribution in [-0.4, -0.2) is 54.6 Å². The Morgan fingerprint density at radius 2 is 1.88 bits per heavy atom. The van der Waals surface area contributed by atoms with E-state index in [0.717, 1.165) is 19.3 Å². The quantitative estimate of drug-likeness (QED) is 0.549. The van der Waals surface area contributed by atoms with Gasteiger partial charge < -0.3 is 18.9 Å². The van der Waals surface area contributed by atoms with Gasteiger partial charge in [-0.2, -0.15) is 0 Å². The van der Waals surface area contributed by atoms with Gasteiger partial charge in [0, 0.05) is 18.8 Å². The van der Waals surface area contributed by atoms with Crippen molar-refractivity contribution >= 4 is 11.9 Å². The Hall–Kier alpha value is -1.99. The van der Waals surface area contributed by atoms with Crippen LogP contribution in [0.5, 0.6) is 0 Å². The summed E-state index contributed by atoms with van der Waals surface area (Å²) in [6, 6.07) is 3.31. The molecule has 0 aliphatic carbocycles. The van der Waals surface area contributed by atoms with Gasteiger partial charge in [-0.1, -0.05) is 19.8 Å². The van der Waals surface area contributed by atoms with E-state index in [1.165, 1.54) is 6.20 Å². The Morgan fingerprint density at radius 1 is 1.16 bits per heavy atom. The fourth-order valence-electron chi connectivity index (χ4n) is 3.07. The topological polar surface area (TPSA) is 84.0 Å². The number of unbranched alkanes of at least 4 members (excludes halogenated alkanes) is 2. The third kappa shape index (κ3) is 4.35. The molecule has 2 fully saturated rings. The molecule has 25 heavy (non-hydrogen) atoms. The van der Waals surface area contributed by atoms with Crippen molar-refractivity contribution in [1.29, 1.82) is 0 Å². The first-order valence-electron chi connectivity index (χ1n) is 8.72. The standard InChI is InChI=1S/C18H23NO6/c1-2-3-4-7-15(20)24-13-10-22-17-14(11-23-16(13)17)25-18(21)12-6-5-8-19-9-12/h5-6,8-9,13-14,16-17H,2-4,7,10-11H2,1H3/t13-,14+,16+,17+/m0/s1. The number of carbonyl (C=O) groups excluding carboxylic acids is 2. The number of rotatable bonds is 7. The van der Waals surface area contributed by atoms with Gasteiger partial charge in [0.25, 0.3) is 0 Å². The Balaban J connectivity index is 1.50. The van der Waals surface area contributed by atoms with Crippen LogP contribution >= 0.6 is 0 Å². The minimum Gasteiger partial charge on any atom is -0.457 e. The molecular formula is C18H23NO6. The fourth-order valence-corrected chi connectivity index (χ4v) is 3.07. The summed E-state index contributed by atoms with van der Waals surface area (Å²) < 4.78 is 22.3. The lowest BCUT2D eigenvalue weighted by molar-refractivity contribution is -0.153. The minimum absolute atomic E-state index is 0.227. The lowest BCUT2D eigenvalue weighted by atomic mass is 10.1. The highest BCUT2D eigenvalue weighted by molar-refractivity contribution is 5.89. The molecule has 7 nitrogen and oxygen atoms in total. The summed E-state index contributed by atoms with van der Waals surface area (Å²) in [4.78, 5) is 27.9. The van der Waals surface area contributed by atoms with Gasteiger partial charge in [0.15, 0.2) is 12.2 Å². The lowest BCUT2D eigenvalue weighted by Crippen LogP contribution is -2.36. The average Bonchev–Trinajstić information content (AvgIpc) is 3.20. The fraction of sp³-hybridized carbons (Fsp3) is 0.611. The van der Waals surface area contributed by atoms with Gasteiger partial charge in [-0.05, 0) is 18.6 Å². The molecule has 0 unspecified atom stereocenters. The molecule has 0 aromatic carbocycles. The highest BCUT2D eigenvalue weighted by Crippen LogP contribution is 2.31. The molecule has 0 saturated carbocycles. The van der Waals surface area contributed by atoms with Crippen molar-refractivity contribution in [1.82, 2.24) is 4.98 Å². The SMILES string of the molecule is CCCCCC(=O)O[C@H]1CO[C@H]2[C@@H]1OC[C@H]2OC(=O)c1cccnc1. The van der Waals surface area contributed by atoms with E-state index in [1.54, 1.807) is 18.3 Å². The van der Waals surface area contributed by atoms with Crippen LogP contribution in [0, 0.1) is 0 Å². The summed E-state index contributed by atoms with van der Waals surface area (Å²) in [5.74, 6) is -0.701. The van der Waals surface area contributed by atoms with E-state index >= 15 is 0 Å². The maximum Gasteiger partial charge on any atom is 0.340 e. The van der Waals surface area contributed by atoms with Crippen LogP contribution < -0.4 is 0 Å². The molecule has 7 heteroatoms. The number of carbonyl (C=O) groups is 2. The highest BCUT2D eigenvalue weighted by Gasteiger charge is 2.51. The van der Waals surface area contributed by atoms with Gasteiger partial charge in [-0.25, -0.2) is 4.79 Å². The van der Waals surface area contributed by atoms with E-state index in [2.05, 4.69) is 11.9 Å². The second-order valence-electron chi connectivity index (χ2n) is 6.27. The van der Waals surface area contributed by atoms with Crippen LogP contribution in [0.2, 0.25) is 0 Å². The number of fused-ring (bicyclic) bond motifs is 1. The monoisotopic (exact) mass is 349 g/mol. The summed E-state index contributed by atoms with van der Waals surface area (Å²) in [5.41, 5.74) is 0.378. The van der Waals surface area contributed by atoms with Crippen molar-refractivity contribution in [2.75, 3.05) is 13.2 Å². The Bertz CT molecular complexity index is 592. The minimum atomic E-state index is -0.513. The molecule has 0 N–H and O–H groups in total. The molecule has 0 bridgehead atoms. The van der Waals surface area contributed by atoms with Crippen LogP contribution in [0.1, 0.15) is 43.0 Å². The molecule has 2 aliphatic heterocycles. The molecule has 0 spiro atoms. The molecule has 3 heterocycles. The zero-order valence-electron chi connectivity index (χ0n) is 14.3. The molecule has 0 amide bonds. The first-order valence-corrected chi connectivity index (χ1v) is 8.72. The zero-order chi connectivity index (χ0) is 17.6. The van der Waals surface area contributed by atoms with Gasteiger partial charge in [-0.15, -0.1) is 0 Å². The van der Waals surface area contributed by atoms with E-state index < -0.39 is 24.3 Å². The van der Waals surface area contributed by atoms with Crippen LogP contribution in [0.3, 0.4) is 0 Å². The van der Waals surface area contributed by atoms with E-state index in [4.69, 9.17) is 18.9 Å². The molecule has 4 atom stereocenters. The number of hydrogen-bond acceptors (Lipinski definition) is 7. The predicted molar refractivity (Wildman–Crippen MR) is 86.9 cm³/mol. The highest BCUT2D eigenvalue weighted by atomic mass is 16.7. The molecule has 3 rings (SSSR count). The summed E-state index contributed by atoms with van der Waals surface area (Å²) in [6.07, 6.45) is 4.57. The van der Waals surface area contributed by atoms with Crippen molar-refractivity contribution in [3.8, 4) is 0 Å². The van der Waals surface area contributed by atoms with Gasteiger partial charge in [-0.3, -0.25) is 9.78 Å².